The number of halogens is 3. The minimum absolute atomic E-state index is 0.0368. The molecular formula is C33H53F3O4. The van der Waals surface area contributed by atoms with Crippen LogP contribution in [0.25, 0.3) is 0 Å². The second kappa shape index (κ2) is 23.6. The highest BCUT2D eigenvalue weighted by Gasteiger charge is 2.43. The van der Waals surface area contributed by atoms with Gasteiger partial charge in [0, 0.05) is 18.4 Å². The van der Waals surface area contributed by atoms with E-state index in [9.17, 15) is 22.8 Å². The van der Waals surface area contributed by atoms with Crippen molar-refractivity contribution < 1.29 is 32.2 Å². The first-order chi connectivity index (χ1) is 19.3. The van der Waals surface area contributed by atoms with Crippen molar-refractivity contribution in [2.45, 2.75) is 154 Å². The Morgan fingerprint density at radius 2 is 1.05 bits per heavy atom. The number of unbranched alkanes of at least 4 members (excludes halogenated alkanes) is 17. The predicted molar refractivity (Wildman–Crippen MR) is 155 cm³/mol. The van der Waals surface area contributed by atoms with Crippen molar-refractivity contribution in [3.8, 4) is 0 Å². The number of benzene rings is 1. The van der Waals surface area contributed by atoms with E-state index >= 15 is 0 Å². The molecule has 0 aromatic heterocycles. The molecule has 0 aliphatic heterocycles. The van der Waals surface area contributed by atoms with Crippen molar-refractivity contribution in [2.24, 2.45) is 0 Å². The van der Waals surface area contributed by atoms with Crippen LogP contribution in [0.2, 0.25) is 0 Å². The first kappa shape index (κ1) is 36.0. The molecule has 0 saturated carbocycles. The van der Waals surface area contributed by atoms with Crippen LogP contribution in [0.15, 0.2) is 30.3 Å². The van der Waals surface area contributed by atoms with Crippen molar-refractivity contribution in [3.05, 3.63) is 35.9 Å². The van der Waals surface area contributed by atoms with Crippen LogP contribution in [0, 0.1) is 0 Å². The minimum Gasteiger partial charge on any atom is -0.466 e. The van der Waals surface area contributed by atoms with Gasteiger partial charge < -0.3 is 9.47 Å². The summed E-state index contributed by atoms with van der Waals surface area (Å²) in [5, 5.41) is 0. The highest BCUT2D eigenvalue weighted by Crippen LogP contribution is 2.36. The average Bonchev–Trinajstić information content (AvgIpc) is 2.93. The van der Waals surface area contributed by atoms with E-state index < -0.39 is 18.2 Å². The van der Waals surface area contributed by atoms with E-state index in [1.165, 1.54) is 94.9 Å². The summed E-state index contributed by atoms with van der Waals surface area (Å²) in [6.07, 6.45) is 14.9. The molecule has 1 aromatic rings. The van der Waals surface area contributed by atoms with Crippen LogP contribution >= 0.6 is 0 Å². The normalized spacial score (nSPS) is 12.3. The van der Waals surface area contributed by atoms with Gasteiger partial charge in [-0.05, 0) is 19.3 Å². The highest BCUT2D eigenvalue weighted by atomic mass is 19.4. The molecular weight excluding hydrogens is 517 g/mol. The number of ether oxygens (including phenoxy) is 2. The maximum absolute atomic E-state index is 13.3. The predicted octanol–water partition coefficient (Wildman–Crippen LogP) is 10.6. The Bertz CT molecular complexity index is 752. The third-order valence-electron chi connectivity index (χ3n) is 7.17. The summed E-state index contributed by atoms with van der Waals surface area (Å²) >= 11 is 0. The molecule has 4 nitrogen and oxygen atoms in total. The first-order valence-corrected chi connectivity index (χ1v) is 15.8. The summed E-state index contributed by atoms with van der Waals surface area (Å²) < 4.78 is 49.9. The van der Waals surface area contributed by atoms with E-state index in [4.69, 9.17) is 9.47 Å². The molecule has 1 unspecified atom stereocenters. The zero-order chi connectivity index (χ0) is 29.3. The van der Waals surface area contributed by atoms with Crippen LogP contribution in [-0.2, 0) is 19.1 Å². The van der Waals surface area contributed by atoms with E-state index in [0.717, 1.165) is 44.9 Å². The maximum Gasteiger partial charge on any atom is 0.429 e. The molecule has 0 saturated heterocycles. The van der Waals surface area contributed by atoms with Gasteiger partial charge in [0.05, 0.1) is 6.61 Å². The lowest BCUT2D eigenvalue weighted by Gasteiger charge is -2.21. The summed E-state index contributed by atoms with van der Waals surface area (Å²) in [5.41, 5.74) is -0.0776. The smallest absolute Gasteiger partial charge is 0.429 e. The van der Waals surface area contributed by atoms with Crippen molar-refractivity contribution in [1.29, 1.82) is 0 Å². The Kier molecular flexibility index (Phi) is 21.3. The lowest BCUT2D eigenvalue weighted by molar-refractivity contribution is -0.224. The van der Waals surface area contributed by atoms with Gasteiger partial charge in [0.15, 0.2) is 0 Å². The van der Waals surface area contributed by atoms with E-state index in [2.05, 4.69) is 6.92 Å². The van der Waals surface area contributed by atoms with Crippen molar-refractivity contribution in [2.75, 3.05) is 6.61 Å². The van der Waals surface area contributed by atoms with Gasteiger partial charge in [0.2, 0.25) is 6.10 Å². The van der Waals surface area contributed by atoms with Crippen molar-refractivity contribution in [1.82, 2.24) is 0 Å². The number of rotatable bonds is 25. The third kappa shape index (κ3) is 19.9. The molecule has 40 heavy (non-hydrogen) atoms. The average molecular weight is 571 g/mol. The molecule has 1 aromatic carbocycles. The van der Waals surface area contributed by atoms with E-state index in [-0.39, 0.29) is 18.0 Å². The van der Waals surface area contributed by atoms with Crippen LogP contribution in [0.3, 0.4) is 0 Å². The van der Waals surface area contributed by atoms with Crippen LogP contribution in [0.1, 0.15) is 153 Å². The SMILES string of the molecule is CCCCCCCCCCCCCCCOC(=O)CCCCCCCCC(=O)OC(c1ccccc1)C(F)(F)F. The number of esters is 2. The Hall–Kier alpha value is -2.05. The first-order valence-electron chi connectivity index (χ1n) is 15.8. The fraction of sp³-hybridized carbons (Fsp3) is 0.758. The summed E-state index contributed by atoms with van der Waals surface area (Å²) in [6, 6.07) is 7.20. The minimum atomic E-state index is -4.65. The van der Waals surface area contributed by atoms with Gasteiger partial charge in [-0.15, -0.1) is 0 Å². The number of alkyl halides is 3. The second-order valence-electron chi connectivity index (χ2n) is 10.9. The van der Waals surface area contributed by atoms with Gasteiger partial charge in [-0.1, -0.05) is 140 Å². The van der Waals surface area contributed by atoms with Crippen LogP contribution in [0.4, 0.5) is 13.2 Å². The zero-order valence-corrected chi connectivity index (χ0v) is 24.8. The van der Waals surface area contributed by atoms with Gasteiger partial charge >= 0.3 is 18.1 Å². The second-order valence-corrected chi connectivity index (χ2v) is 10.9. The van der Waals surface area contributed by atoms with Gasteiger partial charge in [-0.3, -0.25) is 9.59 Å². The summed E-state index contributed by atoms with van der Waals surface area (Å²) in [7, 11) is 0. The standard InChI is InChI=1S/C33H53F3O4/c1-2-3-4-5-6-7-8-9-10-11-14-17-23-28-39-30(37)26-21-15-12-13-16-22-27-31(38)40-32(33(34,35)36)29-24-19-18-20-25-29/h18-20,24-25,32H,2-17,21-23,26-28H2,1H3. The Labute approximate surface area is 240 Å². The van der Waals surface area contributed by atoms with E-state index in [0.29, 0.717) is 19.4 Å². The molecule has 0 aliphatic rings. The number of carbonyl (C=O) groups excluding carboxylic acids is 2. The lowest BCUT2D eigenvalue weighted by atomic mass is 10.0. The summed E-state index contributed by atoms with van der Waals surface area (Å²) in [5.74, 6) is -0.975. The number of hydrogen-bond acceptors (Lipinski definition) is 4. The molecule has 0 amide bonds. The molecule has 0 radical (unpaired) electrons. The monoisotopic (exact) mass is 570 g/mol. The van der Waals surface area contributed by atoms with E-state index in [1.807, 2.05) is 0 Å². The fourth-order valence-electron chi connectivity index (χ4n) is 4.77. The molecule has 1 atom stereocenters. The zero-order valence-electron chi connectivity index (χ0n) is 24.8. The Morgan fingerprint density at radius 1 is 0.625 bits per heavy atom. The van der Waals surface area contributed by atoms with E-state index in [1.54, 1.807) is 6.07 Å². The molecule has 0 fully saturated rings. The Balaban J connectivity index is 1.91. The molecule has 0 bridgehead atoms. The summed E-state index contributed by atoms with van der Waals surface area (Å²) in [6.45, 7) is 2.76. The van der Waals surface area contributed by atoms with Gasteiger partial charge in [-0.25, -0.2) is 0 Å². The molecule has 230 valence electrons. The van der Waals surface area contributed by atoms with Crippen molar-refractivity contribution in [3.63, 3.8) is 0 Å². The lowest BCUT2D eigenvalue weighted by Crippen LogP contribution is -2.26. The third-order valence-corrected chi connectivity index (χ3v) is 7.17. The molecule has 7 heteroatoms. The van der Waals surface area contributed by atoms with Crippen LogP contribution in [0.5, 0.6) is 0 Å². The highest BCUT2D eigenvalue weighted by molar-refractivity contribution is 5.70. The summed E-state index contributed by atoms with van der Waals surface area (Å²) in [4.78, 5) is 23.8. The molecule has 0 N–H and O–H groups in total. The topological polar surface area (TPSA) is 52.6 Å². The van der Waals surface area contributed by atoms with Crippen LogP contribution in [-0.4, -0.2) is 24.7 Å². The van der Waals surface area contributed by atoms with Gasteiger partial charge in [0.25, 0.3) is 0 Å². The van der Waals surface area contributed by atoms with Gasteiger partial charge in [-0.2, -0.15) is 13.2 Å². The Morgan fingerprint density at radius 3 is 1.52 bits per heavy atom. The molecule has 0 spiro atoms. The quantitative estimate of drug-likeness (QED) is 0.0867. The van der Waals surface area contributed by atoms with Crippen LogP contribution < -0.4 is 0 Å². The number of hydrogen-bond donors (Lipinski definition) is 0. The maximum atomic E-state index is 13.3. The fourth-order valence-corrected chi connectivity index (χ4v) is 4.77. The molecule has 1 rings (SSSR count). The molecule has 0 heterocycles. The van der Waals surface area contributed by atoms with Gasteiger partial charge in [0.1, 0.15) is 0 Å². The molecule has 0 aliphatic carbocycles. The number of carbonyl (C=O) groups is 2. The van der Waals surface area contributed by atoms with Crippen molar-refractivity contribution >= 4 is 11.9 Å². The largest absolute Gasteiger partial charge is 0.466 e.